The Kier molecular flexibility index (Phi) is 13.4. The molecule has 4 heteroatoms. The van der Waals surface area contributed by atoms with Crippen molar-refractivity contribution >= 4 is 8.07 Å². The fraction of sp³-hybridized carbons (Fsp3) is 1.00. The van der Waals surface area contributed by atoms with Gasteiger partial charge in [-0.3, -0.25) is 14.1 Å². The molecular formula is C10H25F3Si. The first-order valence-corrected chi connectivity index (χ1v) is 8.39. The first kappa shape index (κ1) is 19.6. The second-order valence-corrected chi connectivity index (χ2v) is 9.60. The fourth-order valence-electron chi connectivity index (χ4n) is 2.26. The predicted octanol–water partition coefficient (Wildman–Crippen LogP) is 4.51. The molecule has 1 saturated heterocycles. The highest BCUT2D eigenvalue weighted by molar-refractivity contribution is 6.78. The Hall–Kier alpha value is 0.00688. The molecule has 0 saturated carbocycles. The molecule has 0 spiro atoms. The lowest BCUT2D eigenvalue weighted by Gasteiger charge is -2.31. The molecule has 0 aromatic rings. The third-order valence-electron chi connectivity index (χ3n) is 3.19. The Labute approximate surface area is 86.6 Å². The Morgan fingerprint density at radius 1 is 0.929 bits per heavy atom. The molecule has 0 amide bonds. The van der Waals surface area contributed by atoms with Gasteiger partial charge in [0.1, 0.15) is 0 Å². The largest absolute Gasteiger partial charge is 0.269 e. The van der Waals surface area contributed by atoms with Gasteiger partial charge in [0, 0.05) is 0 Å². The highest BCUT2D eigenvalue weighted by Crippen LogP contribution is 2.32. The van der Waals surface area contributed by atoms with E-state index in [2.05, 4.69) is 13.5 Å². The van der Waals surface area contributed by atoms with Crippen LogP contribution in [0.15, 0.2) is 0 Å². The lowest BCUT2D eigenvalue weighted by atomic mass is 10.3. The number of rotatable bonds is 3. The van der Waals surface area contributed by atoms with E-state index in [0.717, 1.165) is 0 Å². The summed E-state index contributed by atoms with van der Waals surface area (Å²) in [7, 11) is -0.658. The zero-order valence-corrected chi connectivity index (χ0v) is 10.4. The minimum Gasteiger partial charge on any atom is -0.269 e. The van der Waals surface area contributed by atoms with Gasteiger partial charge in [0.25, 0.3) is 0 Å². The van der Waals surface area contributed by atoms with Gasteiger partial charge in [0.2, 0.25) is 0 Å². The molecule has 1 heterocycles. The minimum absolute atomic E-state index is 0. The molecule has 0 bridgehead atoms. The van der Waals surface area contributed by atoms with Gasteiger partial charge in [-0.05, 0) is 0 Å². The summed E-state index contributed by atoms with van der Waals surface area (Å²) in [5.41, 5.74) is 0. The van der Waals surface area contributed by atoms with Crippen LogP contribution in [0, 0.1) is 0 Å². The molecule has 0 aromatic carbocycles. The molecule has 0 aliphatic carbocycles. The van der Waals surface area contributed by atoms with Crippen molar-refractivity contribution in [2.75, 3.05) is 0 Å². The van der Waals surface area contributed by atoms with Crippen LogP contribution in [0.3, 0.4) is 0 Å². The van der Waals surface area contributed by atoms with E-state index in [1.807, 2.05) is 0 Å². The molecule has 1 fully saturated rings. The van der Waals surface area contributed by atoms with Crippen LogP contribution in [0.4, 0.5) is 14.1 Å². The Bertz CT molecular complexity index is 114. The van der Waals surface area contributed by atoms with E-state index in [1.165, 1.54) is 19.3 Å². The quantitative estimate of drug-likeness (QED) is 0.626. The molecule has 0 unspecified atom stereocenters. The van der Waals surface area contributed by atoms with Crippen molar-refractivity contribution in [1.29, 1.82) is 0 Å². The normalized spacial score (nSPS) is 18.4. The van der Waals surface area contributed by atoms with Gasteiger partial charge < -0.3 is 0 Å². The molecule has 1 rings (SSSR count). The molecule has 0 aromatic heterocycles. The second-order valence-electron chi connectivity index (χ2n) is 4.47. The number of hydrogen-bond donors (Lipinski definition) is 0. The van der Waals surface area contributed by atoms with Crippen molar-refractivity contribution in [3.05, 3.63) is 0 Å². The zero-order chi connectivity index (χ0) is 8.16. The standard InChI is InChI=1S/C10H22Si.3FH/c1-3-4-8-11(2)9-6-5-7-10-11;;;/h3-10H2,1-2H3;3*1H. The number of halogens is 3. The summed E-state index contributed by atoms with van der Waals surface area (Å²) in [6.45, 7) is 4.95. The summed E-state index contributed by atoms with van der Waals surface area (Å²) in [6, 6.07) is 4.88. The summed E-state index contributed by atoms with van der Waals surface area (Å²) in [5, 5.41) is 0. The average molecular weight is 230 g/mol. The van der Waals surface area contributed by atoms with Gasteiger partial charge in [-0.1, -0.05) is 63.7 Å². The van der Waals surface area contributed by atoms with E-state index >= 15 is 0 Å². The van der Waals surface area contributed by atoms with E-state index in [1.54, 1.807) is 31.0 Å². The van der Waals surface area contributed by atoms with Gasteiger partial charge in [-0.15, -0.1) is 0 Å². The lowest BCUT2D eigenvalue weighted by Crippen LogP contribution is -2.31. The third-order valence-corrected chi connectivity index (χ3v) is 7.88. The third kappa shape index (κ3) is 6.46. The van der Waals surface area contributed by atoms with Crippen LogP contribution in [-0.2, 0) is 0 Å². The molecule has 1 aliphatic rings. The second kappa shape index (κ2) is 9.56. The van der Waals surface area contributed by atoms with E-state index in [-0.39, 0.29) is 14.1 Å². The molecule has 0 radical (unpaired) electrons. The van der Waals surface area contributed by atoms with Gasteiger partial charge in [0.05, 0.1) is 8.07 Å². The van der Waals surface area contributed by atoms with Crippen LogP contribution in [0.1, 0.15) is 39.0 Å². The molecule has 90 valence electrons. The van der Waals surface area contributed by atoms with E-state index < -0.39 is 8.07 Å². The predicted molar refractivity (Wildman–Crippen MR) is 62.3 cm³/mol. The summed E-state index contributed by atoms with van der Waals surface area (Å²) in [6.07, 6.45) is 7.53. The fourth-order valence-corrected chi connectivity index (χ4v) is 6.42. The maximum atomic E-state index is 2.63. The summed E-state index contributed by atoms with van der Waals surface area (Å²) in [5.74, 6) is 0. The SMILES string of the molecule is CCCC[Si]1(C)CCCCC1.F.F.F. The van der Waals surface area contributed by atoms with Crippen LogP contribution in [0.25, 0.3) is 0 Å². The van der Waals surface area contributed by atoms with E-state index in [4.69, 9.17) is 0 Å². The van der Waals surface area contributed by atoms with Crippen LogP contribution in [0.2, 0.25) is 24.7 Å². The van der Waals surface area contributed by atoms with Crippen molar-refractivity contribution < 1.29 is 14.1 Å². The Morgan fingerprint density at radius 2 is 1.43 bits per heavy atom. The minimum atomic E-state index is -0.658. The van der Waals surface area contributed by atoms with E-state index in [0.29, 0.717) is 0 Å². The van der Waals surface area contributed by atoms with Crippen molar-refractivity contribution in [1.82, 2.24) is 0 Å². The Morgan fingerprint density at radius 3 is 1.86 bits per heavy atom. The topological polar surface area (TPSA) is 0 Å². The Balaban J connectivity index is -0.000000403. The molecule has 1 aliphatic heterocycles. The average Bonchev–Trinajstić information content (AvgIpc) is 2.03. The summed E-state index contributed by atoms with van der Waals surface area (Å²) >= 11 is 0. The monoisotopic (exact) mass is 230 g/mol. The van der Waals surface area contributed by atoms with Crippen LogP contribution < -0.4 is 0 Å². The van der Waals surface area contributed by atoms with Crippen molar-refractivity contribution in [3.8, 4) is 0 Å². The van der Waals surface area contributed by atoms with E-state index in [9.17, 15) is 0 Å². The molecule has 14 heavy (non-hydrogen) atoms. The van der Waals surface area contributed by atoms with Crippen molar-refractivity contribution in [2.24, 2.45) is 0 Å². The zero-order valence-electron chi connectivity index (χ0n) is 9.38. The molecule has 0 atom stereocenters. The number of unbranched alkanes of at least 4 members (excludes halogenated alkanes) is 1. The summed E-state index contributed by atoms with van der Waals surface area (Å²) in [4.78, 5) is 0. The van der Waals surface area contributed by atoms with Gasteiger partial charge in [-0.2, -0.15) is 0 Å². The molecule has 0 nitrogen and oxygen atoms in total. The number of hydrogen-bond acceptors (Lipinski definition) is 0. The summed E-state index contributed by atoms with van der Waals surface area (Å²) < 4.78 is 0. The lowest BCUT2D eigenvalue weighted by molar-refractivity contribution is 0.699. The highest BCUT2D eigenvalue weighted by atomic mass is 28.3. The maximum Gasteiger partial charge on any atom is 0.0504 e. The van der Waals surface area contributed by atoms with Crippen LogP contribution in [0.5, 0.6) is 0 Å². The van der Waals surface area contributed by atoms with Crippen molar-refractivity contribution in [3.63, 3.8) is 0 Å². The van der Waals surface area contributed by atoms with Crippen LogP contribution >= 0.6 is 0 Å². The van der Waals surface area contributed by atoms with Crippen molar-refractivity contribution in [2.45, 2.75) is 63.7 Å². The van der Waals surface area contributed by atoms with Crippen LogP contribution in [-0.4, -0.2) is 8.07 Å². The first-order valence-electron chi connectivity index (χ1n) is 5.27. The molecular weight excluding hydrogens is 205 g/mol. The van der Waals surface area contributed by atoms with Gasteiger partial charge in [0.15, 0.2) is 0 Å². The van der Waals surface area contributed by atoms with Gasteiger partial charge in [-0.25, -0.2) is 0 Å². The highest BCUT2D eigenvalue weighted by Gasteiger charge is 2.27. The smallest absolute Gasteiger partial charge is 0.0504 e. The maximum absolute atomic E-state index is 2.63. The molecule has 0 N–H and O–H groups in total. The first-order chi connectivity index (χ1) is 5.27. The van der Waals surface area contributed by atoms with Gasteiger partial charge >= 0.3 is 0 Å².